The van der Waals surface area contributed by atoms with E-state index in [1.807, 2.05) is 18.2 Å². The van der Waals surface area contributed by atoms with E-state index < -0.39 is 0 Å². The monoisotopic (exact) mass is 276 g/mol. The Bertz CT molecular complexity index is 441. The Morgan fingerprint density at radius 1 is 1.25 bits per heavy atom. The molecule has 3 rings (SSSR count). The van der Waals surface area contributed by atoms with E-state index in [0.29, 0.717) is 18.6 Å². The van der Waals surface area contributed by atoms with Crippen molar-refractivity contribution in [3.8, 4) is 11.5 Å². The molecular weight excluding hydrogens is 252 g/mol. The second-order valence-electron chi connectivity index (χ2n) is 5.91. The molecule has 4 nitrogen and oxygen atoms in total. The van der Waals surface area contributed by atoms with E-state index in [4.69, 9.17) is 15.2 Å². The lowest BCUT2D eigenvalue weighted by Gasteiger charge is -2.36. The number of nitrogens with two attached hydrogens (primary N) is 1. The summed E-state index contributed by atoms with van der Waals surface area (Å²) in [6.45, 7) is 0.478. The second kappa shape index (κ2) is 5.62. The van der Waals surface area contributed by atoms with Crippen LogP contribution >= 0.6 is 0 Å². The highest BCUT2D eigenvalue weighted by Crippen LogP contribution is 2.38. The maximum Gasteiger partial charge on any atom is 0.166 e. The molecular formula is C16H24N2O2. The number of fused-ring (bicyclic) bond motifs is 2. The van der Waals surface area contributed by atoms with Gasteiger partial charge in [0.1, 0.15) is 6.10 Å². The first-order chi connectivity index (χ1) is 9.72. The summed E-state index contributed by atoms with van der Waals surface area (Å²) >= 11 is 0. The number of ether oxygens (including phenoxy) is 2. The van der Waals surface area contributed by atoms with Crippen LogP contribution in [-0.2, 0) is 6.54 Å². The lowest BCUT2D eigenvalue weighted by Crippen LogP contribution is -2.43. The van der Waals surface area contributed by atoms with Crippen molar-refractivity contribution in [2.45, 2.75) is 50.4 Å². The van der Waals surface area contributed by atoms with Gasteiger partial charge in [-0.1, -0.05) is 12.1 Å². The van der Waals surface area contributed by atoms with Gasteiger partial charge in [-0.3, -0.25) is 0 Å². The molecule has 2 atom stereocenters. The number of nitrogens with zero attached hydrogens (tertiary/aromatic N) is 1. The van der Waals surface area contributed by atoms with Gasteiger partial charge in [0.05, 0.1) is 7.11 Å². The van der Waals surface area contributed by atoms with Crippen molar-refractivity contribution in [2.24, 2.45) is 5.73 Å². The molecule has 0 saturated carbocycles. The van der Waals surface area contributed by atoms with Gasteiger partial charge in [0.2, 0.25) is 0 Å². The van der Waals surface area contributed by atoms with Gasteiger partial charge in [-0.2, -0.15) is 0 Å². The van der Waals surface area contributed by atoms with E-state index in [-0.39, 0.29) is 6.10 Å². The minimum atomic E-state index is 0.283. The Morgan fingerprint density at radius 3 is 2.55 bits per heavy atom. The van der Waals surface area contributed by atoms with Gasteiger partial charge in [0.25, 0.3) is 0 Å². The minimum Gasteiger partial charge on any atom is -0.493 e. The molecule has 0 spiro atoms. The van der Waals surface area contributed by atoms with Gasteiger partial charge in [-0.25, -0.2) is 0 Å². The van der Waals surface area contributed by atoms with Gasteiger partial charge in [0.15, 0.2) is 11.5 Å². The first-order valence-electron chi connectivity index (χ1n) is 7.47. The van der Waals surface area contributed by atoms with E-state index in [1.54, 1.807) is 7.11 Å². The van der Waals surface area contributed by atoms with Crippen LogP contribution in [0.1, 0.15) is 31.2 Å². The molecule has 2 aliphatic heterocycles. The van der Waals surface area contributed by atoms with Crippen molar-refractivity contribution >= 4 is 0 Å². The normalized spacial score (nSPS) is 29.4. The molecule has 2 saturated heterocycles. The fourth-order valence-corrected chi connectivity index (χ4v) is 3.64. The van der Waals surface area contributed by atoms with Crippen LogP contribution in [-0.4, -0.2) is 37.2 Å². The Labute approximate surface area is 120 Å². The maximum absolute atomic E-state index is 6.30. The summed E-state index contributed by atoms with van der Waals surface area (Å²) in [4.78, 5) is 2.52. The molecule has 1 aromatic carbocycles. The predicted octanol–water partition coefficient (Wildman–Crippen LogP) is 2.16. The summed E-state index contributed by atoms with van der Waals surface area (Å²) in [6, 6.07) is 7.27. The van der Waals surface area contributed by atoms with E-state index in [0.717, 1.165) is 29.9 Å². The zero-order chi connectivity index (χ0) is 14.1. The van der Waals surface area contributed by atoms with Crippen molar-refractivity contribution in [3.63, 3.8) is 0 Å². The Balaban J connectivity index is 1.78. The molecule has 2 N–H and O–H groups in total. The van der Waals surface area contributed by atoms with E-state index in [9.17, 15) is 0 Å². The summed E-state index contributed by atoms with van der Waals surface area (Å²) in [5.74, 6) is 1.63. The first kappa shape index (κ1) is 13.7. The lowest BCUT2D eigenvalue weighted by atomic mass is 10.0. The van der Waals surface area contributed by atoms with Gasteiger partial charge in [0, 0.05) is 24.2 Å². The maximum atomic E-state index is 6.30. The van der Waals surface area contributed by atoms with E-state index in [2.05, 4.69) is 11.9 Å². The number of hydrogen-bond acceptors (Lipinski definition) is 4. The zero-order valence-electron chi connectivity index (χ0n) is 12.3. The summed E-state index contributed by atoms with van der Waals surface area (Å²) in [6.07, 6.45) is 5.10. The molecule has 2 bridgehead atoms. The number of methoxy groups -OCH3 is 1. The molecule has 0 aliphatic carbocycles. The van der Waals surface area contributed by atoms with Crippen molar-refractivity contribution in [1.82, 2.24) is 4.90 Å². The van der Waals surface area contributed by atoms with Crippen LogP contribution in [0.5, 0.6) is 11.5 Å². The summed E-state index contributed by atoms with van der Waals surface area (Å²) in [5, 5.41) is 0. The first-order valence-corrected chi connectivity index (χ1v) is 7.47. The topological polar surface area (TPSA) is 47.7 Å². The Hall–Kier alpha value is -1.26. The molecule has 0 aromatic heterocycles. The molecule has 2 heterocycles. The fourth-order valence-electron chi connectivity index (χ4n) is 3.64. The largest absolute Gasteiger partial charge is 0.493 e. The molecule has 2 aliphatic rings. The molecule has 110 valence electrons. The van der Waals surface area contributed by atoms with Crippen molar-refractivity contribution in [2.75, 3.05) is 14.2 Å². The van der Waals surface area contributed by atoms with Crippen molar-refractivity contribution in [3.05, 3.63) is 23.8 Å². The molecule has 0 radical (unpaired) electrons. The van der Waals surface area contributed by atoms with Crippen molar-refractivity contribution < 1.29 is 9.47 Å². The standard InChI is InChI=1S/C16H24N2O2/c1-18-12-6-7-13(18)9-14(8-12)20-16-11(10-17)4-3-5-15(16)19-2/h3-5,12-14H,6-10,17H2,1-2H3. The Kier molecular flexibility index (Phi) is 3.85. The van der Waals surface area contributed by atoms with Crippen LogP contribution in [0.4, 0.5) is 0 Å². The molecule has 4 heteroatoms. The van der Waals surface area contributed by atoms with Crippen LogP contribution in [0.3, 0.4) is 0 Å². The number of hydrogen-bond donors (Lipinski definition) is 1. The zero-order valence-corrected chi connectivity index (χ0v) is 12.3. The van der Waals surface area contributed by atoms with Crippen LogP contribution in [0.2, 0.25) is 0 Å². The molecule has 2 unspecified atom stereocenters. The molecule has 2 fully saturated rings. The average Bonchev–Trinajstić information content (AvgIpc) is 2.69. The summed E-state index contributed by atoms with van der Waals surface area (Å²) in [7, 11) is 3.92. The lowest BCUT2D eigenvalue weighted by molar-refractivity contribution is 0.0637. The third kappa shape index (κ3) is 2.38. The van der Waals surface area contributed by atoms with Crippen molar-refractivity contribution in [1.29, 1.82) is 0 Å². The second-order valence-corrected chi connectivity index (χ2v) is 5.91. The SMILES string of the molecule is COc1cccc(CN)c1OC1CC2CCC(C1)N2C. The Morgan fingerprint density at radius 2 is 1.95 bits per heavy atom. The van der Waals surface area contributed by atoms with E-state index in [1.165, 1.54) is 12.8 Å². The molecule has 1 aromatic rings. The van der Waals surface area contributed by atoms with Gasteiger partial charge in [-0.15, -0.1) is 0 Å². The fraction of sp³-hybridized carbons (Fsp3) is 0.625. The quantitative estimate of drug-likeness (QED) is 0.915. The van der Waals surface area contributed by atoms with Crippen LogP contribution in [0.25, 0.3) is 0 Å². The van der Waals surface area contributed by atoms with Crippen LogP contribution in [0.15, 0.2) is 18.2 Å². The molecule has 20 heavy (non-hydrogen) atoms. The summed E-state index contributed by atoms with van der Waals surface area (Å²) < 4.78 is 11.7. The number of benzene rings is 1. The smallest absolute Gasteiger partial charge is 0.166 e. The summed E-state index contributed by atoms with van der Waals surface area (Å²) in [5.41, 5.74) is 6.85. The highest BCUT2D eigenvalue weighted by molar-refractivity contribution is 5.46. The van der Waals surface area contributed by atoms with Gasteiger partial charge >= 0.3 is 0 Å². The van der Waals surface area contributed by atoms with Crippen LogP contribution in [0, 0.1) is 0 Å². The number of rotatable bonds is 4. The van der Waals surface area contributed by atoms with Crippen LogP contribution < -0.4 is 15.2 Å². The highest BCUT2D eigenvalue weighted by Gasteiger charge is 2.39. The third-order valence-corrected chi connectivity index (χ3v) is 4.84. The minimum absolute atomic E-state index is 0.283. The molecule has 0 amide bonds. The number of piperidine rings is 1. The van der Waals surface area contributed by atoms with Gasteiger partial charge in [-0.05, 0) is 38.8 Å². The van der Waals surface area contributed by atoms with E-state index >= 15 is 0 Å². The third-order valence-electron chi connectivity index (χ3n) is 4.84. The van der Waals surface area contributed by atoms with Gasteiger partial charge < -0.3 is 20.1 Å². The predicted molar refractivity (Wildman–Crippen MR) is 79.1 cm³/mol. The number of para-hydroxylation sites is 1. The highest BCUT2D eigenvalue weighted by atomic mass is 16.5. The average molecular weight is 276 g/mol.